The van der Waals surface area contributed by atoms with Crippen molar-refractivity contribution in [3.8, 4) is 11.8 Å². The highest BCUT2D eigenvalue weighted by atomic mass is 19.4. The molecule has 15 heteroatoms. The largest absolute Gasteiger partial charge is 0.496 e. The van der Waals surface area contributed by atoms with Gasteiger partial charge in [-0.3, -0.25) is 14.4 Å². The Hall–Kier alpha value is -3.96. The van der Waals surface area contributed by atoms with Crippen LogP contribution in [-0.4, -0.2) is 48.4 Å². The molecule has 1 aromatic heterocycles. The van der Waals surface area contributed by atoms with Crippen LogP contribution in [-0.2, 0) is 21.9 Å². The number of carbonyl (C=O) groups excluding carboxylic acids is 3. The standard InChI is InChI=1S/C25H27F6N5O4/c1-11(2)8-15(22(38)34-13(10-32)9-12-6-7-33-21(12)37)35-23(39)20-18(25(29,30)31)17-16(40-3)5-4-14(19(17)36-20)24(26,27)28/h4-5,11-13,15,36H,6-9H2,1-3H3,(H,33,37)(H,34,38)(H,35,39)/t12-,13-,15-/m0/s1. The van der Waals surface area contributed by atoms with Crippen LogP contribution in [0.15, 0.2) is 12.1 Å². The number of aromatic amines is 1. The molecule has 3 atom stereocenters. The molecule has 0 unspecified atom stereocenters. The summed E-state index contributed by atoms with van der Waals surface area (Å²) >= 11 is 0. The summed E-state index contributed by atoms with van der Waals surface area (Å²) in [6.45, 7) is 3.75. The first-order chi connectivity index (χ1) is 18.6. The van der Waals surface area contributed by atoms with Crippen LogP contribution in [0.3, 0.4) is 0 Å². The van der Waals surface area contributed by atoms with Crippen molar-refractivity contribution in [1.82, 2.24) is 20.9 Å². The first-order valence-electron chi connectivity index (χ1n) is 12.2. The number of ether oxygens (including phenoxy) is 1. The Kier molecular flexibility index (Phi) is 8.90. The van der Waals surface area contributed by atoms with Gasteiger partial charge in [-0.1, -0.05) is 13.8 Å². The minimum atomic E-state index is -5.29. The van der Waals surface area contributed by atoms with Crippen LogP contribution in [0.1, 0.15) is 54.7 Å². The fourth-order valence-corrected chi connectivity index (χ4v) is 4.64. The lowest BCUT2D eigenvalue weighted by atomic mass is 9.98. The predicted molar refractivity (Wildman–Crippen MR) is 129 cm³/mol. The number of nitriles is 1. The summed E-state index contributed by atoms with van der Waals surface area (Å²) in [5.74, 6) is -4.00. The third kappa shape index (κ3) is 6.60. The van der Waals surface area contributed by atoms with E-state index in [9.17, 15) is 46.0 Å². The van der Waals surface area contributed by atoms with Gasteiger partial charge in [-0.15, -0.1) is 0 Å². The number of halogens is 6. The number of hydrogen-bond donors (Lipinski definition) is 4. The maximum Gasteiger partial charge on any atom is 0.419 e. The van der Waals surface area contributed by atoms with Gasteiger partial charge in [0.15, 0.2) is 0 Å². The van der Waals surface area contributed by atoms with Crippen molar-refractivity contribution in [2.45, 2.75) is 57.5 Å². The number of nitrogens with zero attached hydrogens (tertiary/aromatic N) is 1. The summed E-state index contributed by atoms with van der Waals surface area (Å²) in [6.07, 6.45) is -9.99. The van der Waals surface area contributed by atoms with E-state index in [1.165, 1.54) is 0 Å². The van der Waals surface area contributed by atoms with Crippen LogP contribution < -0.4 is 20.7 Å². The summed E-state index contributed by atoms with van der Waals surface area (Å²) in [7, 11) is 0.971. The van der Waals surface area contributed by atoms with E-state index in [0.717, 1.165) is 13.2 Å². The summed E-state index contributed by atoms with van der Waals surface area (Å²) in [5.41, 5.74) is -5.38. The minimum Gasteiger partial charge on any atom is -0.496 e. The molecule has 9 nitrogen and oxygen atoms in total. The molecule has 1 fully saturated rings. The lowest BCUT2D eigenvalue weighted by Gasteiger charge is -2.22. The number of aromatic nitrogens is 1. The highest BCUT2D eigenvalue weighted by Crippen LogP contribution is 2.45. The molecular formula is C25H27F6N5O4. The predicted octanol–water partition coefficient (Wildman–Crippen LogP) is 3.89. The first kappa shape index (κ1) is 30.6. The molecule has 0 radical (unpaired) electrons. The maximum absolute atomic E-state index is 14.2. The number of alkyl halides is 6. The molecule has 2 aromatic rings. The second-order valence-corrected chi connectivity index (χ2v) is 9.79. The van der Waals surface area contributed by atoms with Crippen molar-refractivity contribution in [1.29, 1.82) is 5.26 Å². The third-order valence-electron chi connectivity index (χ3n) is 6.44. The summed E-state index contributed by atoms with van der Waals surface area (Å²) in [6, 6.07) is 0.521. The van der Waals surface area contributed by atoms with E-state index in [2.05, 4.69) is 16.0 Å². The van der Waals surface area contributed by atoms with Crippen molar-refractivity contribution in [3.05, 3.63) is 29.0 Å². The highest BCUT2D eigenvalue weighted by molar-refractivity contribution is 6.05. The van der Waals surface area contributed by atoms with Crippen molar-refractivity contribution in [2.24, 2.45) is 11.8 Å². The molecule has 1 aromatic carbocycles. The maximum atomic E-state index is 14.2. The Morgan fingerprint density at radius 2 is 1.82 bits per heavy atom. The minimum absolute atomic E-state index is 0.0172. The summed E-state index contributed by atoms with van der Waals surface area (Å²) in [5, 5.41) is 15.7. The molecule has 3 rings (SSSR count). The summed E-state index contributed by atoms with van der Waals surface area (Å²) < 4.78 is 88.3. The van der Waals surface area contributed by atoms with E-state index in [1.54, 1.807) is 13.8 Å². The van der Waals surface area contributed by atoms with E-state index in [1.807, 2.05) is 11.1 Å². The lowest BCUT2D eigenvalue weighted by Crippen LogP contribution is -2.50. The van der Waals surface area contributed by atoms with Crippen LogP contribution in [0, 0.1) is 23.2 Å². The molecule has 218 valence electrons. The van der Waals surface area contributed by atoms with Gasteiger partial charge in [0.1, 0.15) is 23.5 Å². The zero-order valence-electron chi connectivity index (χ0n) is 21.6. The summed E-state index contributed by atoms with van der Waals surface area (Å²) in [4.78, 5) is 40.0. The number of H-pyrrole nitrogens is 1. The zero-order chi connectivity index (χ0) is 30.0. The SMILES string of the molecule is COc1ccc(C(F)(F)F)c2[nH]c(C(=O)N[C@@H](CC(C)C)C(=O)N[C@H](C#N)C[C@@H]3CCNC3=O)c(C(F)(F)F)c12. The smallest absolute Gasteiger partial charge is 0.419 e. The fraction of sp³-hybridized carbons (Fsp3) is 0.520. The number of nitrogens with one attached hydrogen (secondary N) is 4. The fourth-order valence-electron chi connectivity index (χ4n) is 4.64. The number of methoxy groups -OCH3 is 1. The van der Waals surface area contributed by atoms with Gasteiger partial charge in [-0.2, -0.15) is 31.6 Å². The van der Waals surface area contributed by atoms with E-state index in [-0.39, 0.29) is 24.7 Å². The van der Waals surface area contributed by atoms with Gasteiger partial charge in [0.05, 0.1) is 35.2 Å². The quantitative estimate of drug-likeness (QED) is 0.337. The van der Waals surface area contributed by atoms with E-state index < -0.39 is 75.6 Å². The Balaban J connectivity index is 1.99. The van der Waals surface area contributed by atoms with Gasteiger partial charge in [-0.25, -0.2) is 0 Å². The van der Waals surface area contributed by atoms with Crippen molar-refractivity contribution < 1.29 is 45.5 Å². The molecule has 1 aliphatic rings. The van der Waals surface area contributed by atoms with Crippen LogP contribution >= 0.6 is 0 Å². The zero-order valence-corrected chi connectivity index (χ0v) is 21.6. The Bertz CT molecular complexity index is 1330. The average molecular weight is 576 g/mol. The lowest BCUT2D eigenvalue weighted by molar-refractivity contribution is -0.138. The van der Waals surface area contributed by atoms with Crippen molar-refractivity contribution in [2.75, 3.05) is 13.7 Å². The second-order valence-electron chi connectivity index (χ2n) is 9.79. The van der Waals surface area contributed by atoms with Gasteiger partial charge < -0.3 is 25.7 Å². The molecule has 0 aliphatic carbocycles. The number of carbonyl (C=O) groups is 3. The monoisotopic (exact) mass is 575 g/mol. The number of rotatable bonds is 9. The average Bonchev–Trinajstić information content (AvgIpc) is 3.45. The van der Waals surface area contributed by atoms with Gasteiger partial charge in [-0.05, 0) is 37.3 Å². The number of hydrogen-bond acceptors (Lipinski definition) is 5. The van der Waals surface area contributed by atoms with E-state index >= 15 is 0 Å². The molecule has 1 aliphatic heterocycles. The van der Waals surface area contributed by atoms with Gasteiger partial charge in [0.2, 0.25) is 11.8 Å². The molecule has 4 N–H and O–H groups in total. The molecule has 0 bridgehead atoms. The van der Waals surface area contributed by atoms with Crippen molar-refractivity contribution in [3.63, 3.8) is 0 Å². The molecule has 0 spiro atoms. The van der Waals surface area contributed by atoms with Crippen LogP contribution in [0.25, 0.3) is 10.9 Å². The number of amides is 3. The highest BCUT2D eigenvalue weighted by Gasteiger charge is 2.44. The van der Waals surface area contributed by atoms with Gasteiger partial charge >= 0.3 is 12.4 Å². The van der Waals surface area contributed by atoms with Gasteiger partial charge in [0, 0.05) is 12.5 Å². The molecule has 1 saturated heterocycles. The molecule has 2 heterocycles. The second kappa shape index (κ2) is 11.6. The molecule has 0 saturated carbocycles. The van der Waals surface area contributed by atoms with Gasteiger partial charge in [0.25, 0.3) is 5.91 Å². The Morgan fingerprint density at radius 1 is 1.15 bits per heavy atom. The normalized spacial score (nSPS) is 17.3. The van der Waals surface area contributed by atoms with Crippen LogP contribution in [0.5, 0.6) is 5.75 Å². The van der Waals surface area contributed by atoms with E-state index in [4.69, 9.17) is 4.74 Å². The number of benzene rings is 1. The van der Waals surface area contributed by atoms with Crippen LogP contribution in [0.4, 0.5) is 26.3 Å². The molecular weight excluding hydrogens is 548 g/mol. The third-order valence-corrected chi connectivity index (χ3v) is 6.44. The van der Waals surface area contributed by atoms with E-state index in [0.29, 0.717) is 19.0 Å². The molecule has 3 amide bonds. The van der Waals surface area contributed by atoms with Crippen molar-refractivity contribution >= 4 is 28.6 Å². The Morgan fingerprint density at radius 3 is 2.33 bits per heavy atom. The Labute approximate surface area is 224 Å². The first-order valence-corrected chi connectivity index (χ1v) is 12.2. The molecule has 40 heavy (non-hydrogen) atoms. The van der Waals surface area contributed by atoms with Crippen LogP contribution in [0.2, 0.25) is 0 Å². The number of fused-ring (bicyclic) bond motifs is 1. The topological polar surface area (TPSA) is 136 Å².